The maximum Gasteiger partial charge on any atom is 0.320 e. The van der Waals surface area contributed by atoms with Crippen LogP contribution in [0.2, 0.25) is 5.02 Å². The lowest BCUT2D eigenvalue weighted by Crippen LogP contribution is -2.43. The van der Waals surface area contributed by atoms with Crippen LogP contribution in [0.15, 0.2) is 18.2 Å². The Morgan fingerprint density at radius 1 is 1.31 bits per heavy atom. The van der Waals surface area contributed by atoms with Gasteiger partial charge in [0, 0.05) is 37.3 Å². The van der Waals surface area contributed by atoms with Crippen molar-refractivity contribution >= 4 is 33.3 Å². The van der Waals surface area contributed by atoms with Gasteiger partial charge in [0.2, 0.25) is 0 Å². The molecule has 1 fully saturated rings. The van der Waals surface area contributed by atoms with Crippen molar-refractivity contribution in [2.45, 2.75) is 6.54 Å². The molecule has 0 aliphatic carbocycles. The van der Waals surface area contributed by atoms with Gasteiger partial charge in [-0.3, -0.25) is 14.5 Å². The van der Waals surface area contributed by atoms with Crippen LogP contribution in [-0.4, -0.2) is 74.9 Å². The molecule has 1 heterocycles. The predicted molar refractivity (Wildman–Crippen MR) is 93.9 cm³/mol. The zero-order valence-corrected chi connectivity index (χ0v) is 15.9. The highest BCUT2D eigenvalue weighted by molar-refractivity contribution is 7.91. The number of halogens is 2. The van der Waals surface area contributed by atoms with E-state index in [0.29, 0.717) is 0 Å². The highest BCUT2D eigenvalue weighted by Gasteiger charge is 2.24. The van der Waals surface area contributed by atoms with Crippen molar-refractivity contribution in [2.75, 3.05) is 44.8 Å². The molecule has 0 bridgehead atoms. The van der Waals surface area contributed by atoms with Gasteiger partial charge in [0.15, 0.2) is 16.4 Å². The molecule has 1 aromatic carbocycles. The number of hydrogen-bond donors (Lipinski definition) is 0. The average molecular weight is 407 g/mol. The van der Waals surface area contributed by atoms with Crippen LogP contribution in [-0.2, 0) is 30.7 Å². The molecule has 1 aliphatic heterocycles. The first kappa shape index (κ1) is 20.6. The van der Waals surface area contributed by atoms with E-state index in [1.807, 2.05) is 0 Å². The van der Waals surface area contributed by atoms with Crippen molar-refractivity contribution < 1.29 is 27.1 Å². The van der Waals surface area contributed by atoms with Gasteiger partial charge < -0.3 is 9.64 Å². The molecule has 1 saturated heterocycles. The molecule has 0 radical (unpaired) electrons. The van der Waals surface area contributed by atoms with Crippen LogP contribution in [0.1, 0.15) is 5.56 Å². The molecule has 1 aromatic rings. The van der Waals surface area contributed by atoms with Gasteiger partial charge >= 0.3 is 5.97 Å². The highest BCUT2D eigenvalue weighted by Crippen LogP contribution is 2.20. The van der Waals surface area contributed by atoms with Gasteiger partial charge in [-0.25, -0.2) is 12.8 Å². The number of nitrogens with zero attached hydrogens (tertiary/aromatic N) is 2. The molecule has 26 heavy (non-hydrogen) atoms. The van der Waals surface area contributed by atoms with Gasteiger partial charge in [-0.05, 0) is 12.1 Å². The van der Waals surface area contributed by atoms with Crippen LogP contribution in [0, 0.1) is 5.82 Å². The number of hydrogen-bond acceptors (Lipinski definition) is 6. The number of amides is 1. The molecule has 0 atom stereocenters. The van der Waals surface area contributed by atoms with Gasteiger partial charge in [-0.15, -0.1) is 0 Å². The maximum absolute atomic E-state index is 13.7. The molecule has 2 rings (SSSR count). The number of benzene rings is 1. The van der Waals surface area contributed by atoms with E-state index in [1.54, 1.807) is 4.90 Å². The number of carbonyl (C=O) groups is 2. The number of carbonyl (C=O) groups excluding carboxylic acids is 2. The summed E-state index contributed by atoms with van der Waals surface area (Å²) in [6.07, 6.45) is 0. The molecule has 0 N–H and O–H groups in total. The molecule has 0 aromatic heterocycles. The van der Waals surface area contributed by atoms with Gasteiger partial charge in [-0.2, -0.15) is 0 Å². The minimum Gasteiger partial charge on any atom is -0.455 e. The second-order valence-electron chi connectivity index (χ2n) is 6.04. The smallest absolute Gasteiger partial charge is 0.320 e. The van der Waals surface area contributed by atoms with E-state index in [4.69, 9.17) is 16.3 Å². The predicted octanol–water partition coefficient (Wildman–Crippen LogP) is 0.711. The van der Waals surface area contributed by atoms with Crippen molar-refractivity contribution in [3.05, 3.63) is 34.6 Å². The molecule has 144 valence electrons. The van der Waals surface area contributed by atoms with E-state index >= 15 is 0 Å². The van der Waals surface area contributed by atoms with Crippen molar-refractivity contribution in [3.8, 4) is 0 Å². The quantitative estimate of drug-likeness (QED) is 0.647. The van der Waals surface area contributed by atoms with Crippen LogP contribution in [0.4, 0.5) is 4.39 Å². The number of rotatable bonds is 6. The average Bonchev–Trinajstić information content (AvgIpc) is 2.58. The molecule has 1 aliphatic rings. The number of likely N-dealkylation sites (N-methyl/N-ethyl adjacent to an activating group) is 1. The fraction of sp³-hybridized carbons (Fsp3) is 0.500. The Balaban J connectivity index is 1.78. The van der Waals surface area contributed by atoms with Gasteiger partial charge in [-0.1, -0.05) is 17.7 Å². The van der Waals surface area contributed by atoms with Crippen LogP contribution in [0.3, 0.4) is 0 Å². The normalized spacial score (nSPS) is 16.9. The largest absolute Gasteiger partial charge is 0.455 e. The highest BCUT2D eigenvalue weighted by atomic mass is 35.5. The lowest BCUT2D eigenvalue weighted by molar-refractivity contribution is -0.152. The summed E-state index contributed by atoms with van der Waals surface area (Å²) in [5.74, 6) is -1.63. The summed E-state index contributed by atoms with van der Waals surface area (Å²) in [6, 6.07) is 4.24. The molecule has 1 amide bonds. The standard InChI is InChI=1S/C16H20ClFN2O5S/c1-19(9-12-13(17)3-2-4-14(12)18)15(21)11-25-16(22)10-20-5-7-26(23,24)8-6-20/h2-4H,5-11H2,1H3. The molecule has 0 unspecified atom stereocenters. The zero-order valence-electron chi connectivity index (χ0n) is 14.3. The molecule has 7 nitrogen and oxygen atoms in total. The Hall–Kier alpha value is -1.71. The summed E-state index contributed by atoms with van der Waals surface area (Å²) in [5, 5.41) is 0.210. The summed E-state index contributed by atoms with van der Waals surface area (Å²) >= 11 is 5.92. The van der Waals surface area contributed by atoms with E-state index in [0.717, 1.165) is 0 Å². The molecular formula is C16H20ClFN2O5S. The minimum absolute atomic E-state index is 0.00531. The Kier molecular flexibility index (Phi) is 6.96. The van der Waals surface area contributed by atoms with Crippen LogP contribution in [0.25, 0.3) is 0 Å². The maximum atomic E-state index is 13.7. The summed E-state index contributed by atoms with van der Waals surface area (Å²) in [5.41, 5.74) is 0.186. The van der Waals surface area contributed by atoms with E-state index in [9.17, 15) is 22.4 Å². The van der Waals surface area contributed by atoms with Crippen molar-refractivity contribution in [2.24, 2.45) is 0 Å². The fourth-order valence-corrected chi connectivity index (χ4v) is 3.90. The van der Waals surface area contributed by atoms with E-state index < -0.39 is 34.1 Å². The first-order valence-electron chi connectivity index (χ1n) is 7.93. The third-order valence-electron chi connectivity index (χ3n) is 4.03. The lowest BCUT2D eigenvalue weighted by atomic mass is 10.2. The fourth-order valence-electron chi connectivity index (χ4n) is 2.40. The van der Waals surface area contributed by atoms with Gasteiger partial charge in [0.25, 0.3) is 5.91 Å². The summed E-state index contributed by atoms with van der Waals surface area (Å²) in [7, 11) is -1.57. The second kappa shape index (κ2) is 8.79. The summed E-state index contributed by atoms with van der Waals surface area (Å²) < 4.78 is 41.4. The Morgan fingerprint density at radius 3 is 2.58 bits per heavy atom. The summed E-state index contributed by atoms with van der Waals surface area (Å²) in [4.78, 5) is 26.7. The van der Waals surface area contributed by atoms with E-state index in [1.165, 1.54) is 30.1 Å². The SMILES string of the molecule is CN(Cc1c(F)cccc1Cl)C(=O)COC(=O)CN1CCS(=O)(=O)CC1. The molecule has 0 saturated carbocycles. The van der Waals surface area contributed by atoms with Crippen molar-refractivity contribution in [3.63, 3.8) is 0 Å². The molecule has 0 spiro atoms. The number of ether oxygens (including phenoxy) is 1. The Morgan fingerprint density at radius 2 is 1.96 bits per heavy atom. The van der Waals surface area contributed by atoms with E-state index in [-0.39, 0.29) is 48.3 Å². The van der Waals surface area contributed by atoms with Crippen molar-refractivity contribution in [1.29, 1.82) is 0 Å². The van der Waals surface area contributed by atoms with Crippen LogP contribution in [0.5, 0.6) is 0 Å². The monoisotopic (exact) mass is 406 g/mol. The minimum atomic E-state index is -3.02. The molecule has 10 heteroatoms. The van der Waals surface area contributed by atoms with E-state index in [2.05, 4.69) is 0 Å². The second-order valence-corrected chi connectivity index (χ2v) is 8.75. The van der Waals surface area contributed by atoms with Crippen molar-refractivity contribution in [1.82, 2.24) is 9.80 Å². The first-order chi connectivity index (χ1) is 12.2. The zero-order chi connectivity index (χ0) is 19.3. The lowest BCUT2D eigenvalue weighted by Gasteiger charge is -2.25. The van der Waals surface area contributed by atoms with Crippen LogP contribution < -0.4 is 0 Å². The Labute approximate surface area is 156 Å². The van der Waals surface area contributed by atoms with Gasteiger partial charge in [0.1, 0.15) is 5.82 Å². The third kappa shape index (κ3) is 5.93. The Bertz CT molecular complexity index is 753. The van der Waals surface area contributed by atoms with Crippen LogP contribution >= 0.6 is 11.6 Å². The summed E-state index contributed by atoms with van der Waals surface area (Å²) in [6.45, 7) is -0.0841. The van der Waals surface area contributed by atoms with Gasteiger partial charge in [0.05, 0.1) is 18.1 Å². The number of esters is 1. The topological polar surface area (TPSA) is 84.0 Å². The third-order valence-corrected chi connectivity index (χ3v) is 5.99. The number of sulfone groups is 1. The first-order valence-corrected chi connectivity index (χ1v) is 10.1. The molecular weight excluding hydrogens is 387 g/mol.